The first-order valence-corrected chi connectivity index (χ1v) is 8.45. The van der Waals surface area contributed by atoms with Crippen molar-refractivity contribution in [2.24, 2.45) is 0 Å². The van der Waals surface area contributed by atoms with Crippen molar-refractivity contribution in [2.45, 2.75) is 30.7 Å². The summed E-state index contributed by atoms with van der Waals surface area (Å²) in [5, 5.41) is 0.143. The molecule has 1 fully saturated rings. The summed E-state index contributed by atoms with van der Waals surface area (Å²) in [5.74, 6) is 0.124. The van der Waals surface area contributed by atoms with E-state index < -0.39 is 10.0 Å². The van der Waals surface area contributed by atoms with Gasteiger partial charge in [-0.15, -0.1) is 0 Å². The molecule has 0 aromatic carbocycles. The Labute approximate surface area is 124 Å². The third-order valence-electron chi connectivity index (χ3n) is 3.57. The molecule has 1 aromatic heterocycles. The van der Waals surface area contributed by atoms with Gasteiger partial charge >= 0.3 is 0 Å². The number of anilines is 1. The maximum atomic E-state index is 12.2. The lowest BCUT2D eigenvalue weighted by atomic mass is 10.2. The maximum Gasteiger partial charge on any atom is 0.242 e. The fraction of sp³-hybridized carbons (Fsp3) is 0.583. The summed E-state index contributed by atoms with van der Waals surface area (Å²) in [5.41, 5.74) is 5.48. The van der Waals surface area contributed by atoms with Crippen molar-refractivity contribution in [3.8, 4) is 0 Å². The molecule has 1 unspecified atom stereocenters. The summed E-state index contributed by atoms with van der Waals surface area (Å²) in [4.78, 5) is 6.09. The highest BCUT2D eigenvalue weighted by Gasteiger charge is 2.25. The molecule has 112 valence electrons. The number of aromatic nitrogens is 1. The van der Waals surface area contributed by atoms with Crippen molar-refractivity contribution in [3.63, 3.8) is 0 Å². The molecule has 3 N–H and O–H groups in total. The van der Waals surface area contributed by atoms with Crippen LogP contribution in [0.25, 0.3) is 0 Å². The highest BCUT2D eigenvalue weighted by Crippen LogP contribution is 2.20. The average Bonchev–Trinajstić information content (AvgIpc) is 2.87. The molecule has 8 heteroatoms. The van der Waals surface area contributed by atoms with Crippen LogP contribution in [-0.4, -0.2) is 44.0 Å². The monoisotopic (exact) mass is 318 g/mol. The van der Waals surface area contributed by atoms with E-state index in [2.05, 4.69) is 21.5 Å². The van der Waals surface area contributed by atoms with Gasteiger partial charge in [0.25, 0.3) is 0 Å². The molecule has 0 saturated carbocycles. The number of hydrogen-bond acceptors (Lipinski definition) is 5. The van der Waals surface area contributed by atoms with Gasteiger partial charge in [0.15, 0.2) is 0 Å². The van der Waals surface area contributed by atoms with E-state index in [1.54, 1.807) is 0 Å². The molecule has 0 amide bonds. The second-order valence-corrected chi connectivity index (χ2v) is 6.99. The smallest absolute Gasteiger partial charge is 0.242 e. The number of nitrogens with two attached hydrogens (primary N) is 1. The number of likely N-dealkylation sites (N-methyl/N-ethyl adjacent to an activating group) is 1. The lowest BCUT2D eigenvalue weighted by Gasteiger charge is -2.22. The number of nitrogens with zero attached hydrogens (tertiary/aromatic N) is 2. The van der Waals surface area contributed by atoms with Gasteiger partial charge in [-0.2, -0.15) is 0 Å². The normalized spacial score (nSPS) is 20.4. The molecule has 0 spiro atoms. The van der Waals surface area contributed by atoms with Crippen LogP contribution in [-0.2, 0) is 10.0 Å². The number of likely N-dealkylation sites (tertiary alicyclic amines) is 1. The molecule has 20 heavy (non-hydrogen) atoms. The van der Waals surface area contributed by atoms with E-state index in [0.717, 1.165) is 25.9 Å². The summed E-state index contributed by atoms with van der Waals surface area (Å²) in [7, 11) is -3.60. The second kappa shape index (κ2) is 6.26. The van der Waals surface area contributed by atoms with E-state index in [1.165, 1.54) is 12.3 Å². The van der Waals surface area contributed by atoms with Gasteiger partial charge in [-0.1, -0.05) is 18.5 Å². The molecule has 1 aliphatic heterocycles. The van der Waals surface area contributed by atoms with Gasteiger partial charge in [0.2, 0.25) is 10.0 Å². The predicted octanol–water partition coefficient (Wildman–Crippen LogP) is 1.08. The van der Waals surface area contributed by atoms with Gasteiger partial charge < -0.3 is 5.73 Å². The van der Waals surface area contributed by atoms with Gasteiger partial charge in [0, 0.05) is 18.8 Å². The molecule has 0 aliphatic carbocycles. The zero-order chi connectivity index (χ0) is 14.8. The van der Waals surface area contributed by atoms with Gasteiger partial charge in [-0.25, -0.2) is 18.1 Å². The minimum Gasteiger partial charge on any atom is -0.382 e. The minimum absolute atomic E-state index is 0.0396. The summed E-state index contributed by atoms with van der Waals surface area (Å²) >= 11 is 5.80. The quantitative estimate of drug-likeness (QED) is 0.848. The van der Waals surface area contributed by atoms with Crippen LogP contribution in [0.1, 0.15) is 19.8 Å². The van der Waals surface area contributed by atoms with Gasteiger partial charge in [0.1, 0.15) is 10.7 Å². The van der Waals surface area contributed by atoms with E-state index in [-0.39, 0.29) is 21.8 Å². The number of halogens is 1. The van der Waals surface area contributed by atoms with Crippen LogP contribution in [0.15, 0.2) is 17.2 Å². The van der Waals surface area contributed by atoms with Crippen LogP contribution in [0.4, 0.5) is 5.82 Å². The Morgan fingerprint density at radius 3 is 3.00 bits per heavy atom. The van der Waals surface area contributed by atoms with Crippen LogP contribution >= 0.6 is 11.6 Å². The van der Waals surface area contributed by atoms with Gasteiger partial charge in [0.05, 0.1) is 5.02 Å². The van der Waals surface area contributed by atoms with Crippen molar-refractivity contribution in [3.05, 3.63) is 17.3 Å². The number of nitrogens with one attached hydrogen (secondary N) is 1. The van der Waals surface area contributed by atoms with E-state index in [4.69, 9.17) is 17.3 Å². The number of rotatable bonds is 5. The van der Waals surface area contributed by atoms with Crippen LogP contribution in [0.2, 0.25) is 5.02 Å². The lowest BCUT2D eigenvalue weighted by Crippen LogP contribution is -2.40. The van der Waals surface area contributed by atoms with Gasteiger partial charge in [-0.05, 0) is 32.0 Å². The SMILES string of the molecule is CCN1CCCC1CNS(=O)(=O)c1cnc(N)c(Cl)c1. The number of nitrogen functional groups attached to an aromatic ring is 1. The molecule has 1 aromatic rings. The maximum absolute atomic E-state index is 12.2. The molecular weight excluding hydrogens is 300 g/mol. The Bertz CT molecular complexity index is 579. The molecule has 6 nitrogen and oxygen atoms in total. The van der Waals surface area contributed by atoms with Crippen molar-refractivity contribution in [1.82, 2.24) is 14.6 Å². The summed E-state index contributed by atoms with van der Waals surface area (Å²) in [6.45, 7) is 4.44. The Hall–Kier alpha value is -0.890. The Balaban J connectivity index is 2.05. The fourth-order valence-electron chi connectivity index (χ4n) is 2.41. The van der Waals surface area contributed by atoms with Gasteiger partial charge in [-0.3, -0.25) is 4.90 Å². The highest BCUT2D eigenvalue weighted by molar-refractivity contribution is 7.89. The number of sulfonamides is 1. The molecule has 1 saturated heterocycles. The third kappa shape index (κ3) is 3.41. The molecular formula is C12H19ClN4O2S. The zero-order valence-corrected chi connectivity index (χ0v) is 12.9. The molecule has 2 rings (SSSR count). The topological polar surface area (TPSA) is 88.3 Å². The van der Waals surface area contributed by atoms with Crippen LogP contribution < -0.4 is 10.5 Å². The number of pyridine rings is 1. The minimum atomic E-state index is -3.60. The first kappa shape index (κ1) is 15.5. The second-order valence-electron chi connectivity index (χ2n) is 4.81. The largest absolute Gasteiger partial charge is 0.382 e. The van der Waals surface area contributed by atoms with Crippen LogP contribution in [0, 0.1) is 0 Å². The first-order chi connectivity index (χ1) is 9.44. The van der Waals surface area contributed by atoms with E-state index in [1.807, 2.05) is 0 Å². The van der Waals surface area contributed by atoms with E-state index in [0.29, 0.717) is 6.54 Å². The lowest BCUT2D eigenvalue weighted by molar-refractivity contribution is 0.268. The van der Waals surface area contributed by atoms with Crippen LogP contribution in [0.3, 0.4) is 0 Å². The molecule has 1 aliphatic rings. The van der Waals surface area contributed by atoms with Crippen molar-refractivity contribution in [1.29, 1.82) is 0 Å². The van der Waals surface area contributed by atoms with Crippen molar-refractivity contribution < 1.29 is 8.42 Å². The van der Waals surface area contributed by atoms with Crippen molar-refractivity contribution >= 4 is 27.4 Å². The van der Waals surface area contributed by atoms with E-state index >= 15 is 0 Å². The Kier molecular flexibility index (Phi) is 4.85. The standard InChI is InChI=1S/C12H19ClN4O2S/c1-2-17-5-3-4-9(17)7-16-20(18,19)10-6-11(13)12(14)15-8-10/h6,8-9,16H,2-5,7H2,1H3,(H2,14,15). The first-order valence-electron chi connectivity index (χ1n) is 6.58. The third-order valence-corrected chi connectivity index (χ3v) is 5.26. The van der Waals surface area contributed by atoms with Crippen LogP contribution in [0.5, 0.6) is 0 Å². The summed E-state index contributed by atoms with van der Waals surface area (Å²) in [6.07, 6.45) is 3.34. The van der Waals surface area contributed by atoms with E-state index in [9.17, 15) is 8.42 Å². The molecule has 1 atom stereocenters. The fourth-order valence-corrected chi connectivity index (χ4v) is 3.68. The summed E-state index contributed by atoms with van der Waals surface area (Å²) in [6, 6.07) is 1.57. The Morgan fingerprint density at radius 2 is 2.35 bits per heavy atom. The number of hydrogen-bond donors (Lipinski definition) is 2. The molecule has 0 bridgehead atoms. The predicted molar refractivity (Wildman–Crippen MR) is 79.1 cm³/mol. The van der Waals surface area contributed by atoms with Crippen molar-refractivity contribution in [2.75, 3.05) is 25.4 Å². The zero-order valence-electron chi connectivity index (χ0n) is 11.3. The molecule has 0 radical (unpaired) electrons. The average molecular weight is 319 g/mol. The highest BCUT2D eigenvalue weighted by atomic mass is 35.5. The summed E-state index contributed by atoms with van der Waals surface area (Å²) < 4.78 is 27.0. The molecule has 2 heterocycles. The Morgan fingerprint density at radius 1 is 1.60 bits per heavy atom.